The van der Waals surface area contributed by atoms with E-state index in [0.29, 0.717) is 0 Å². The van der Waals surface area contributed by atoms with Crippen molar-refractivity contribution in [2.45, 2.75) is 40.3 Å². The summed E-state index contributed by atoms with van der Waals surface area (Å²) >= 11 is 0. The van der Waals surface area contributed by atoms with E-state index in [2.05, 4.69) is 10.6 Å². The molecule has 0 aliphatic carbocycles. The summed E-state index contributed by atoms with van der Waals surface area (Å²) in [7, 11) is -4.05. The van der Waals surface area contributed by atoms with Gasteiger partial charge in [-0.15, -0.1) is 0 Å². The second kappa shape index (κ2) is 13.4. The maximum absolute atomic E-state index is 12.9. The van der Waals surface area contributed by atoms with Crippen LogP contribution in [-0.4, -0.2) is 49.3 Å². The minimum Gasteiger partial charge on any atom is -0.445 e. The normalized spacial score (nSPS) is 12.6. The number of ether oxygens (including phenoxy) is 1. The Kier molecular flexibility index (Phi) is 11.7. The smallest absolute Gasteiger partial charge is 0.418 e. The van der Waals surface area contributed by atoms with Crippen LogP contribution in [0.25, 0.3) is 0 Å². The molecular formula is C20H33N2O7P. The van der Waals surface area contributed by atoms with E-state index in [9.17, 15) is 19.3 Å². The van der Waals surface area contributed by atoms with Crippen LogP contribution in [0.3, 0.4) is 0 Å². The lowest BCUT2D eigenvalue weighted by molar-refractivity contribution is 0.129. The summed E-state index contributed by atoms with van der Waals surface area (Å²) in [4.78, 5) is 24.4. The molecule has 9 nitrogen and oxygen atoms in total. The molecule has 0 aliphatic rings. The minimum atomic E-state index is -4.05. The summed E-state index contributed by atoms with van der Waals surface area (Å²) in [6, 6.07) is 8.28. The fourth-order valence-corrected chi connectivity index (χ4v) is 3.63. The van der Waals surface area contributed by atoms with Gasteiger partial charge in [0.25, 0.3) is 0 Å². The van der Waals surface area contributed by atoms with Crippen molar-refractivity contribution in [1.82, 2.24) is 10.6 Å². The fourth-order valence-electron chi connectivity index (χ4n) is 2.05. The third-order valence-electron chi connectivity index (χ3n) is 3.66. The van der Waals surface area contributed by atoms with Crippen molar-refractivity contribution >= 4 is 19.3 Å². The third kappa shape index (κ3) is 10.2. The van der Waals surface area contributed by atoms with Crippen molar-refractivity contribution < 1.29 is 33.0 Å². The van der Waals surface area contributed by atoms with Crippen molar-refractivity contribution in [3.63, 3.8) is 0 Å². The molecule has 1 rings (SSSR count). The van der Waals surface area contributed by atoms with Gasteiger partial charge in [-0.3, -0.25) is 4.79 Å². The van der Waals surface area contributed by atoms with Crippen LogP contribution in [0.4, 0.5) is 9.59 Å². The highest BCUT2D eigenvalue weighted by Crippen LogP contribution is 2.49. The molecule has 10 heteroatoms. The first-order chi connectivity index (χ1) is 14.2. The molecule has 2 amide bonds. The van der Waals surface area contributed by atoms with E-state index in [1.807, 2.05) is 58.0 Å². The molecule has 170 valence electrons. The molecule has 0 saturated carbocycles. The molecule has 1 aromatic carbocycles. The van der Waals surface area contributed by atoms with Crippen LogP contribution < -0.4 is 10.6 Å². The van der Waals surface area contributed by atoms with Crippen LogP contribution in [0.5, 0.6) is 0 Å². The lowest BCUT2D eigenvalue weighted by Gasteiger charge is -2.22. The number of carbonyl (C=O) groups excluding carboxylic acids is 2. The second-order valence-corrected chi connectivity index (χ2v) is 9.57. The predicted molar refractivity (Wildman–Crippen MR) is 113 cm³/mol. The van der Waals surface area contributed by atoms with Gasteiger partial charge >= 0.3 is 19.3 Å². The molecule has 0 heterocycles. The molecule has 0 aliphatic heterocycles. The molecule has 30 heavy (non-hydrogen) atoms. The Bertz CT molecular complexity index is 682. The van der Waals surface area contributed by atoms with Gasteiger partial charge in [-0.1, -0.05) is 58.0 Å². The van der Waals surface area contributed by atoms with Gasteiger partial charge in [-0.2, -0.15) is 0 Å². The maximum atomic E-state index is 12.9. The molecule has 0 radical (unpaired) electrons. The minimum absolute atomic E-state index is 0.0556. The molecule has 0 spiro atoms. The Morgan fingerprint density at radius 2 is 1.60 bits per heavy atom. The van der Waals surface area contributed by atoms with E-state index in [0.717, 1.165) is 5.56 Å². The van der Waals surface area contributed by atoms with E-state index < -0.39 is 32.0 Å². The number of aliphatic hydroxyl groups is 1. The van der Waals surface area contributed by atoms with Crippen LogP contribution in [0.15, 0.2) is 30.3 Å². The summed E-state index contributed by atoms with van der Waals surface area (Å²) in [5.74, 6) is 0.111. The van der Waals surface area contributed by atoms with Gasteiger partial charge < -0.3 is 29.5 Å². The summed E-state index contributed by atoms with van der Waals surface area (Å²) in [5.41, 5.74) is -0.103. The molecule has 0 unspecified atom stereocenters. The molecule has 0 aromatic heterocycles. The lowest BCUT2D eigenvalue weighted by Crippen LogP contribution is -2.45. The van der Waals surface area contributed by atoms with Gasteiger partial charge in [0.2, 0.25) is 0 Å². The number of amides is 2. The highest BCUT2D eigenvalue weighted by atomic mass is 31.2. The number of nitrogens with one attached hydrogen (secondary N) is 2. The standard InChI is InChI=1S/C20H33N2O7P/c1-15(2)12-28-30(26,29-13-16(3)4)20(25)21-10-18(11-23)22-19(24)27-14-17-8-6-5-7-9-17/h5-9,15-16,18,23H,10-14H2,1-4H3,(H,21,25)(H,22,24)/t18-/m0/s1. The van der Waals surface area contributed by atoms with E-state index in [1.165, 1.54) is 0 Å². The zero-order valence-electron chi connectivity index (χ0n) is 18.0. The SMILES string of the molecule is CC(C)COP(=O)(OCC(C)C)C(=O)NC[C@@H](CO)NC(=O)OCc1ccccc1. The number of carbonyl (C=O) groups is 2. The van der Waals surface area contributed by atoms with Crippen molar-refractivity contribution in [3.8, 4) is 0 Å². The van der Waals surface area contributed by atoms with Gasteiger partial charge in [0, 0.05) is 6.54 Å². The Morgan fingerprint density at radius 1 is 1.03 bits per heavy atom. The Hall–Kier alpha value is -1.93. The second-order valence-electron chi connectivity index (χ2n) is 7.65. The van der Waals surface area contributed by atoms with Gasteiger partial charge in [-0.05, 0) is 17.4 Å². The van der Waals surface area contributed by atoms with Crippen molar-refractivity contribution in [1.29, 1.82) is 0 Å². The van der Waals surface area contributed by atoms with Crippen LogP contribution in [0.1, 0.15) is 33.3 Å². The van der Waals surface area contributed by atoms with Crippen molar-refractivity contribution in [2.24, 2.45) is 11.8 Å². The highest BCUT2D eigenvalue weighted by molar-refractivity contribution is 7.71. The monoisotopic (exact) mass is 444 g/mol. The maximum Gasteiger partial charge on any atom is 0.418 e. The number of benzene rings is 1. The van der Waals surface area contributed by atoms with Gasteiger partial charge in [-0.25, -0.2) is 9.36 Å². The topological polar surface area (TPSA) is 123 Å². The van der Waals surface area contributed by atoms with E-state index in [4.69, 9.17) is 13.8 Å². The largest absolute Gasteiger partial charge is 0.445 e. The molecule has 0 fully saturated rings. The van der Waals surface area contributed by atoms with E-state index in [1.54, 1.807) is 0 Å². The quantitative estimate of drug-likeness (QED) is 0.398. The predicted octanol–water partition coefficient (Wildman–Crippen LogP) is 3.52. The lowest BCUT2D eigenvalue weighted by atomic mass is 10.2. The molecule has 1 aromatic rings. The van der Waals surface area contributed by atoms with Gasteiger partial charge in [0.05, 0.1) is 25.9 Å². The molecule has 3 N–H and O–H groups in total. The van der Waals surface area contributed by atoms with Crippen molar-refractivity contribution in [2.75, 3.05) is 26.4 Å². The molecule has 1 atom stereocenters. The van der Waals surface area contributed by atoms with Crippen LogP contribution in [-0.2, 0) is 25.0 Å². The Labute approximate surface area is 178 Å². The zero-order chi connectivity index (χ0) is 22.6. The molecule has 0 saturated heterocycles. The average Bonchev–Trinajstić information content (AvgIpc) is 2.72. The summed E-state index contributed by atoms with van der Waals surface area (Å²) in [6.07, 6.45) is -0.748. The third-order valence-corrected chi connectivity index (χ3v) is 5.29. The molecule has 0 bridgehead atoms. The number of hydrogen-bond donors (Lipinski definition) is 3. The van der Waals surface area contributed by atoms with E-state index in [-0.39, 0.29) is 38.2 Å². The first-order valence-electron chi connectivity index (χ1n) is 9.91. The Balaban J connectivity index is 2.56. The van der Waals surface area contributed by atoms with Crippen molar-refractivity contribution in [3.05, 3.63) is 35.9 Å². The van der Waals surface area contributed by atoms with E-state index >= 15 is 0 Å². The summed E-state index contributed by atoms with van der Waals surface area (Å²) < 4.78 is 28.5. The fraction of sp³-hybridized carbons (Fsp3) is 0.600. The molecular weight excluding hydrogens is 411 g/mol. The zero-order valence-corrected chi connectivity index (χ0v) is 18.9. The van der Waals surface area contributed by atoms with Gasteiger partial charge in [0.1, 0.15) is 6.61 Å². The highest BCUT2D eigenvalue weighted by Gasteiger charge is 2.36. The number of aliphatic hydroxyl groups excluding tert-OH is 1. The number of hydrogen-bond acceptors (Lipinski definition) is 7. The number of alkyl carbamates (subject to hydrolysis) is 1. The first kappa shape index (κ1) is 26.1. The average molecular weight is 444 g/mol. The van der Waals surface area contributed by atoms with Crippen LogP contribution in [0.2, 0.25) is 0 Å². The van der Waals surface area contributed by atoms with Crippen LogP contribution in [0, 0.1) is 11.8 Å². The summed E-state index contributed by atoms with van der Waals surface area (Å²) in [5, 5.41) is 14.3. The van der Waals surface area contributed by atoms with Crippen LogP contribution >= 0.6 is 7.60 Å². The Morgan fingerprint density at radius 3 is 2.10 bits per heavy atom. The van der Waals surface area contributed by atoms with Gasteiger partial charge in [0.15, 0.2) is 0 Å². The first-order valence-corrected chi connectivity index (χ1v) is 11.5. The summed E-state index contributed by atoms with van der Waals surface area (Å²) in [6.45, 7) is 7.06. The number of rotatable bonds is 13.